The van der Waals surface area contributed by atoms with Gasteiger partial charge in [-0.1, -0.05) is 11.6 Å². The minimum atomic E-state index is -1.76. The van der Waals surface area contributed by atoms with Crippen LogP contribution in [0.5, 0.6) is 0 Å². The average Bonchev–Trinajstić information content (AvgIpc) is 3.51. The summed E-state index contributed by atoms with van der Waals surface area (Å²) in [6.45, 7) is 18.0. The van der Waals surface area contributed by atoms with E-state index >= 15 is 0 Å². The molecule has 0 N–H and O–H groups in total. The van der Waals surface area contributed by atoms with E-state index in [9.17, 15) is 17.6 Å². The molecule has 3 rings (SSSR count). The van der Waals surface area contributed by atoms with E-state index in [4.69, 9.17) is 18.6 Å². The van der Waals surface area contributed by atoms with Gasteiger partial charge < -0.3 is 4.39 Å². The summed E-state index contributed by atoms with van der Waals surface area (Å²) < 4.78 is 77.6. The Morgan fingerprint density at radius 2 is 0.800 bits per heavy atom. The quantitative estimate of drug-likeness (QED) is 0.109. The van der Waals surface area contributed by atoms with E-state index in [-0.39, 0.29) is 34.1 Å². The van der Waals surface area contributed by atoms with Gasteiger partial charge in [0.2, 0.25) is 0 Å². The Balaban J connectivity index is -0.0000000626. The molecule has 0 saturated heterocycles. The molecule has 0 unspecified atom stereocenters. The van der Waals surface area contributed by atoms with Crippen molar-refractivity contribution >= 4 is 0 Å². The Kier molecular flexibility index (Phi) is 52.2. The third kappa shape index (κ3) is 27.9. The predicted octanol–water partition coefficient (Wildman–Crippen LogP) is 4.50. The predicted molar refractivity (Wildman–Crippen MR) is 83.7 cm³/mol. The van der Waals surface area contributed by atoms with Gasteiger partial charge in [-0.2, -0.15) is 36.4 Å². The molecule has 0 bridgehead atoms. The van der Waals surface area contributed by atoms with Crippen LogP contribution in [0.4, 0.5) is 17.6 Å². The smallest absolute Gasteiger partial charge is 0.214 e. The molecule has 10 heteroatoms. The molecule has 0 aromatic heterocycles. The van der Waals surface area contributed by atoms with E-state index < -0.39 is 23.3 Å². The van der Waals surface area contributed by atoms with Gasteiger partial charge in [0.15, 0.2) is 0 Å². The molecule has 0 aliphatic rings. The van der Waals surface area contributed by atoms with E-state index in [1.54, 1.807) is 0 Å². The van der Waals surface area contributed by atoms with E-state index in [0.29, 0.717) is 0 Å². The van der Waals surface area contributed by atoms with Gasteiger partial charge in [0.1, 0.15) is 0 Å². The second kappa shape index (κ2) is 37.4. The van der Waals surface area contributed by atoms with Crippen molar-refractivity contribution in [1.82, 2.24) is 0 Å². The molecule has 0 aliphatic carbocycles. The van der Waals surface area contributed by atoms with Gasteiger partial charge in [-0.05, 0) is 5.82 Å². The molecule has 0 fully saturated rings. The van der Waals surface area contributed by atoms with E-state index in [2.05, 4.69) is 26.6 Å². The SMILES string of the molecule is Fc1[c-]c(F)c(F)c(F)[c-]1.[C-]#[O+].[C-]#[O+].[C-]#[O+].[C-]#[O+].[Fe+6].[Fe+6].c1cc[cH-]c1.c1cc[cH-]c1. The number of hydrogen-bond acceptors (Lipinski definition) is 0. The first-order valence-corrected chi connectivity index (χ1v) is 6.41. The zero-order valence-electron chi connectivity index (χ0n) is 14.6. The van der Waals surface area contributed by atoms with Crippen LogP contribution in [0.3, 0.4) is 0 Å². The molecule has 0 radical (unpaired) electrons. The van der Waals surface area contributed by atoms with Crippen molar-refractivity contribution in [3.8, 4) is 0 Å². The van der Waals surface area contributed by atoms with Crippen molar-refractivity contribution in [3.63, 3.8) is 0 Å². The zero-order chi connectivity index (χ0) is 22.8. The minimum absolute atomic E-state index is 0. The summed E-state index contributed by atoms with van der Waals surface area (Å²) >= 11 is 0. The maximum absolute atomic E-state index is 11.9. The summed E-state index contributed by atoms with van der Waals surface area (Å²) in [4.78, 5) is 0. The van der Waals surface area contributed by atoms with Crippen LogP contribution in [0.25, 0.3) is 0 Å². The van der Waals surface area contributed by atoms with Gasteiger partial charge in [-0.3, -0.25) is 25.3 Å². The van der Waals surface area contributed by atoms with Crippen molar-refractivity contribution in [3.05, 3.63) is 123 Å². The number of hydrogen-bond donors (Lipinski definition) is 0. The third-order valence-electron chi connectivity index (χ3n) is 1.94. The molecule has 0 aliphatic heterocycles. The fourth-order valence-electron chi connectivity index (χ4n) is 1.07. The number of rotatable bonds is 0. The van der Waals surface area contributed by atoms with Crippen molar-refractivity contribution in [1.29, 1.82) is 0 Å². The maximum Gasteiger partial charge on any atom is 6.00 e. The molecule has 0 amide bonds. The summed E-state index contributed by atoms with van der Waals surface area (Å²) in [5.74, 6) is -6.49. The van der Waals surface area contributed by atoms with Crippen LogP contribution in [0, 0.1) is 62.0 Å². The normalized spacial score (nSPS) is 6.27. The van der Waals surface area contributed by atoms with Crippen molar-refractivity contribution in [2.75, 3.05) is 0 Å². The Morgan fingerprint density at radius 1 is 0.567 bits per heavy atom. The molecule has 0 spiro atoms. The average molecular weight is 502 g/mol. The van der Waals surface area contributed by atoms with Gasteiger partial charge in [0.25, 0.3) is 0 Å². The second-order valence-corrected chi connectivity index (χ2v) is 3.43. The van der Waals surface area contributed by atoms with Crippen LogP contribution in [0.1, 0.15) is 0 Å². The number of benzene rings is 1. The standard InChI is InChI=1S/C6F4.2C5H5.4CO.2Fe/c7-3-1-4(8)6(10)5(9)2-3;2*1-2-4-5-3-1;4*1-2;;/h;2*1-5H;;;;;;/q-2;2*-1;;;;;2*+6. The van der Waals surface area contributed by atoms with Gasteiger partial charge >= 0.3 is 79.3 Å². The van der Waals surface area contributed by atoms with Crippen LogP contribution in [-0.2, 0) is 52.7 Å². The summed E-state index contributed by atoms with van der Waals surface area (Å²) in [7, 11) is 0. The second-order valence-electron chi connectivity index (χ2n) is 3.43. The largest absolute Gasteiger partial charge is 6.00 e. The first kappa shape index (κ1) is 41.9. The van der Waals surface area contributed by atoms with Crippen LogP contribution >= 0.6 is 0 Å². The summed E-state index contributed by atoms with van der Waals surface area (Å²) in [6.07, 6.45) is 0. The Hall–Kier alpha value is -2.36. The van der Waals surface area contributed by atoms with E-state index in [1.807, 2.05) is 60.7 Å². The molecular weight excluding hydrogens is 492 g/mol. The maximum atomic E-state index is 11.9. The molecule has 4 nitrogen and oxygen atoms in total. The summed E-state index contributed by atoms with van der Waals surface area (Å²) in [6, 6.07) is 22.6. The van der Waals surface area contributed by atoms with Crippen LogP contribution in [-0.4, -0.2) is 0 Å². The van der Waals surface area contributed by atoms with Crippen molar-refractivity contribution < 1.29 is 70.3 Å². The van der Waals surface area contributed by atoms with Crippen LogP contribution < -0.4 is 0 Å². The molecular formula is C20H10F4Fe2O4+8. The monoisotopic (exact) mass is 502 g/mol. The minimum Gasteiger partial charge on any atom is -0.214 e. The summed E-state index contributed by atoms with van der Waals surface area (Å²) in [5.41, 5.74) is 0. The third-order valence-corrected chi connectivity index (χ3v) is 1.94. The fourth-order valence-corrected chi connectivity index (χ4v) is 1.07. The molecule has 0 saturated carbocycles. The van der Waals surface area contributed by atoms with Gasteiger partial charge in [-0.25, -0.2) is 24.3 Å². The Labute approximate surface area is 192 Å². The molecule has 3 aromatic rings. The Bertz CT molecular complexity index is 647. The van der Waals surface area contributed by atoms with Gasteiger partial charge in [-0.15, -0.1) is 5.82 Å². The molecule has 150 valence electrons. The van der Waals surface area contributed by atoms with E-state index in [1.165, 1.54) is 12.1 Å². The van der Waals surface area contributed by atoms with E-state index in [0.717, 1.165) is 0 Å². The topological polar surface area (TPSA) is 79.6 Å². The van der Waals surface area contributed by atoms with Crippen LogP contribution in [0.15, 0.2) is 60.7 Å². The number of halogens is 4. The molecule has 3 aromatic carbocycles. The Morgan fingerprint density at radius 3 is 0.967 bits per heavy atom. The molecule has 30 heavy (non-hydrogen) atoms. The van der Waals surface area contributed by atoms with Crippen LogP contribution in [0.2, 0.25) is 0 Å². The summed E-state index contributed by atoms with van der Waals surface area (Å²) in [5, 5.41) is 0. The molecule has 0 heterocycles. The van der Waals surface area contributed by atoms with Crippen molar-refractivity contribution in [2.45, 2.75) is 0 Å². The van der Waals surface area contributed by atoms with Gasteiger partial charge in [0.05, 0.1) is 0 Å². The van der Waals surface area contributed by atoms with Gasteiger partial charge in [0, 0.05) is 0 Å². The zero-order valence-corrected chi connectivity index (χ0v) is 16.8. The first-order valence-electron chi connectivity index (χ1n) is 6.41. The first-order chi connectivity index (χ1) is 13.6. The van der Waals surface area contributed by atoms with Crippen molar-refractivity contribution in [2.24, 2.45) is 0 Å². The molecule has 0 atom stereocenters. The fraction of sp³-hybridized carbons (Fsp3) is 0.